The van der Waals surface area contributed by atoms with Crippen molar-refractivity contribution in [2.24, 2.45) is 0 Å². The van der Waals surface area contributed by atoms with Crippen molar-refractivity contribution < 1.29 is 0 Å². The first-order valence-electron chi connectivity index (χ1n) is 6.59. The van der Waals surface area contributed by atoms with Crippen LogP contribution in [0.25, 0.3) is 0 Å². The van der Waals surface area contributed by atoms with E-state index in [9.17, 15) is 0 Å². The molecule has 0 aromatic heterocycles. The fourth-order valence-electron chi connectivity index (χ4n) is 2.53. The zero-order chi connectivity index (χ0) is 12.3. The molecule has 1 saturated heterocycles. The molecule has 1 unspecified atom stereocenters. The zero-order valence-corrected chi connectivity index (χ0v) is 11.3. The van der Waals surface area contributed by atoms with Crippen LogP contribution in [0.4, 0.5) is 0 Å². The summed E-state index contributed by atoms with van der Waals surface area (Å²) in [6.45, 7) is 4.59. The van der Waals surface area contributed by atoms with Gasteiger partial charge in [-0.15, -0.1) is 0 Å². The molecule has 2 rings (SSSR count). The molecule has 1 aliphatic heterocycles. The molecule has 1 heterocycles. The molecule has 2 nitrogen and oxygen atoms in total. The van der Waals surface area contributed by atoms with Gasteiger partial charge in [0.1, 0.15) is 0 Å². The lowest BCUT2D eigenvalue weighted by atomic mass is 9.90. The van der Waals surface area contributed by atoms with Crippen molar-refractivity contribution in [3.63, 3.8) is 0 Å². The summed E-state index contributed by atoms with van der Waals surface area (Å²) in [4.78, 5) is 2.23. The highest BCUT2D eigenvalue weighted by Gasteiger charge is 2.29. The standard InChI is InChI=1S/C15H24N2/c1-15(10-4-11-16-15)14-7-5-13(6-8-14)9-12-17(2)3/h5-8,16H,4,9-12H2,1-3H3. The lowest BCUT2D eigenvalue weighted by Crippen LogP contribution is -2.33. The summed E-state index contributed by atoms with van der Waals surface area (Å²) < 4.78 is 0. The minimum atomic E-state index is 0.208. The summed E-state index contributed by atoms with van der Waals surface area (Å²) in [6.07, 6.45) is 3.68. The molecule has 0 aliphatic carbocycles. The lowest BCUT2D eigenvalue weighted by Gasteiger charge is -2.25. The number of nitrogens with zero attached hydrogens (tertiary/aromatic N) is 1. The average molecular weight is 232 g/mol. The van der Waals surface area contributed by atoms with E-state index in [0.717, 1.165) is 19.5 Å². The van der Waals surface area contributed by atoms with Gasteiger partial charge in [-0.25, -0.2) is 0 Å². The van der Waals surface area contributed by atoms with Crippen molar-refractivity contribution in [2.45, 2.75) is 31.7 Å². The SMILES string of the molecule is CN(C)CCc1ccc(C2(C)CCCN2)cc1. The van der Waals surface area contributed by atoms with Crippen LogP contribution in [0.3, 0.4) is 0 Å². The molecular formula is C15H24N2. The Morgan fingerprint density at radius 2 is 1.94 bits per heavy atom. The predicted molar refractivity (Wildman–Crippen MR) is 73.3 cm³/mol. The Hall–Kier alpha value is -0.860. The molecule has 0 saturated carbocycles. The normalized spacial score (nSPS) is 24.5. The number of hydrogen-bond acceptors (Lipinski definition) is 2. The van der Waals surface area contributed by atoms with E-state index in [0.29, 0.717) is 0 Å². The number of nitrogens with one attached hydrogen (secondary N) is 1. The Morgan fingerprint density at radius 1 is 1.24 bits per heavy atom. The number of benzene rings is 1. The molecule has 1 fully saturated rings. The van der Waals surface area contributed by atoms with E-state index in [4.69, 9.17) is 0 Å². The van der Waals surface area contributed by atoms with Crippen LogP contribution in [0.1, 0.15) is 30.9 Å². The Morgan fingerprint density at radius 3 is 2.47 bits per heavy atom. The van der Waals surface area contributed by atoms with Crippen LogP contribution in [0.2, 0.25) is 0 Å². The van der Waals surface area contributed by atoms with Crippen LogP contribution >= 0.6 is 0 Å². The minimum Gasteiger partial charge on any atom is -0.309 e. The van der Waals surface area contributed by atoms with Gasteiger partial charge < -0.3 is 10.2 Å². The van der Waals surface area contributed by atoms with E-state index in [-0.39, 0.29) is 5.54 Å². The molecule has 0 bridgehead atoms. The van der Waals surface area contributed by atoms with Crippen molar-refractivity contribution in [1.82, 2.24) is 10.2 Å². The van der Waals surface area contributed by atoms with Crippen LogP contribution in [-0.2, 0) is 12.0 Å². The van der Waals surface area contributed by atoms with Gasteiger partial charge in [-0.1, -0.05) is 24.3 Å². The zero-order valence-electron chi connectivity index (χ0n) is 11.3. The third-order valence-corrected chi connectivity index (χ3v) is 3.81. The van der Waals surface area contributed by atoms with Gasteiger partial charge in [-0.3, -0.25) is 0 Å². The second kappa shape index (κ2) is 5.19. The third-order valence-electron chi connectivity index (χ3n) is 3.81. The molecule has 1 aliphatic rings. The Kier molecular flexibility index (Phi) is 3.85. The van der Waals surface area contributed by atoms with E-state index in [1.807, 2.05) is 0 Å². The maximum atomic E-state index is 3.61. The number of rotatable bonds is 4. The number of hydrogen-bond donors (Lipinski definition) is 1. The maximum Gasteiger partial charge on any atom is 0.0406 e. The second-order valence-corrected chi connectivity index (χ2v) is 5.61. The van der Waals surface area contributed by atoms with E-state index in [2.05, 4.69) is 55.5 Å². The lowest BCUT2D eigenvalue weighted by molar-refractivity contribution is 0.413. The summed E-state index contributed by atoms with van der Waals surface area (Å²) in [5, 5.41) is 3.61. The highest BCUT2D eigenvalue weighted by atomic mass is 15.0. The molecule has 17 heavy (non-hydrogen) atoms. The van der Waals surface area contributed by atoms with Crippen LogP contribution in [-0.4, -0.2) is 32.1 Å². The summed E-state index contributed by atoms with van der Waals surface area (Å²) in [7, 11) is 4.25. The first-order valence-corrected chi connectivity index (χ1v) is 6.59. The fourth-order valence-corrected chi connectivity index (χ4v) is 2.53. The highest BCUT2D eigenvalue weighted by Crippen LogP contribution is 2.30. The molecule has 0 spiro atoms. The summed E-state index contributed by atoms with van der Waals surface area (Å²) in [6, 6.07) is 9.15. The number of likely N-dealkylation sites (N-methyl/N-ethyl adjacent to an activating group) is 1. The van der Waals surface area contributed by atoms with E-state index in [1.165, 1.54) is 24.0 Å². The van der Waals surface area contributed by atoms with Crippen molar-refractivity contribution in [1.29, 1.82) is 0 Å². The molecule has 0 radical (unpaired) electrons. The Labute approximate surface area is 105 Å². The van der Waals surface area contributed by atoms with Gasteiger partial charge >= 0.3 is 0 Å². The fraction of sp³-hybridized carbons (Fsp3) is 0.600. The molecule has 1 N–H and O–H groups in total. The summed E-state index contributed by atoms with van der Waals surface area (Å²) in [5.74, 6) is 0. The third kappa shape index (κ3) is 3.08. The molecule has 1 aromatic rings. The van der Waals surface area contributed by atoms with Crippen LogP contribution in [0.15, 0.2) is 24.3 Å². The topological polar surface area (TPSA) is 15.3 Å². The first-order chi connectivity index (χ1) is 8.10. The van der Waals surface area contributed by atoms with Gasteiger partial charge in [-0.05, 0) is 58.0 Å². The molecule has 94 valence electrons. The largest absolute Gasteiger partial charge is 0.309 e. The van der Waals surface area contributed by atoms with Crippen molar-refractivity contribution in [2.75, 3.05) is 27.2 Å². The second-order valence-electron chi connectivity index (χ2n) is 5.61. The molecular weight excluding hydrogens is 208 g/mol. The van der Waals surface area contributed by atoms with Gasteiger partial charge in [0, 0.05) is 12.1 Å². The Bertz CT molecular complexity index is 348. The van der Waals surface area contributed by atoms with Crippen molar-refractivity contribution in [3.8, 4) is 0 Å². The van der Waals surface area contributed by atoms with E-state index >= 15 is 0 Å². The molecule has 1 atom stereocenters. The van der Waals surface area contributed by atoms with Crippen molar-refractivity contribution >= 4 is 0 Å². The van der Waals surface area contributed by atoms with Gasteiger partial charge in [0.25, 0.3) is 0 Å². The highest BCUT2D eigenvalue weighted by molar-refractivity contribution is 5.29. The average Bonchev–Trinajstić information content (AvgIpc) is 2.75. The molecule has 1 aromatic carbocycles. The van der Waals surface area contributed by atoms with Crippen LogP contribution < -0.4 is 5.32 Å². The van der Waals surface area contributed by atoms with Gasteiger partial charge in [0.15, 0.2) is 0 Å². The molecule has 0 amide bonds. The van der Waals surface area contributed by atoms with Crippen LogP contribution in [0.5, 0.6) is 0 Å². The van der Waals surface area contributed by atoms with E-state index < -0.39 is 0 Å². The predicted octanol–water partition coefficient (Wildman–Crippen LogP) is 2.39. The quantitative estimate of drug-likeness (QED) is 0.857. The van der Waals surface area contributed by atoms with Gasteiger partial charge in [0.2, 0.25) is 0 Å². The van der Waals surface area contributed by atoms with Crippen LogP contribution in [0, 0.1) is 0 Å². The van der Waals surface area contributed by atoms with Crippen molar-refractivity contribution in [3.05, 3.63) is 35.4 Å². The van der Waals surface area contributed by atoms with E-state index in [1.54, 1.807) is 0 Å². The first kappa shape index (κ1) is 12.6. The monoisotopic (exact) mass is 232 g/mol. The minimum absolute atomic E-state index is 0.208. The Balaban J connectivity index is 2.02. The molecule has 2 heteroatoms. The van der Waals surface area contributed by atoms with Gasteiger partial charge in [-0.2, -0.15) is 0 Å². The summed E-state index contributed by atoms with van der Waals surface area (Å²) in [5.41, 5.74) is 3.08. The van der Waals surface area contributed by atoms with Gasteiger partial charge in [0.05, 0.1) is 0 Å². The smallest absolute Gasteiger partial charge is 0.0406 e. The summed E-state index contributed by atoms with van der Waals surface area (Å²) >= 11 is 0. The maximum absolute atomic E-state index is 3.61.